The fourth-order valence-electron chi connectivity index (χ4n) is 1.67. The molecule has 0 spiro atoms. The van der Waals surface area contributed by atoms with E-state index in [9.17, 15) is 0 Å². The second kappa shape index (κ2) is 5.88. The Bertz CT molecular complexity index is 773. The van der Waals surface area contributed by atoms with E-state index >= 15 is 0 Å². The van der Waals surface area contributed by atoms with Gasteiger partial charge in [-0.3, -0.25) is 0 Å². The van der Waals surface area contributed by atoms with E-state index in [1.807, 2.05) is 11.4 Å². The summed E-state index contributed by atoms with van der Waals surface area (Å²) < 4.78 is 4.55. The molecule has 0 aliphatic carbocycles. The highest BCUT2D eigenvalue weighted by atomic mass is 35.5. The van der Waals surface area contributed by atoms with Gasteiger partial charge in [0.25, 0.3) is 0 Å². The molecule has 0 unspecified atom stereocenters. The van der Waals surface area contributed by atoms with Crippen molar-refractivity contribution in [1.82, 2.24) is 15.3 Å². The molecule has 9 heteroatoms. The molecule has 3 rings (SSSR count). The summed E-state index contributed by atoms with van der Waals surface area (Å²) in [6, 6.07) is 5.36. The number of thiazole rings is 1. The number of rotatable bonds is 4. The molecule has 3 aromatic rings. The standard InChI is InChI=1S/C12H9Cl2N5OS/c13-7-2-1-6(8(14)3-7)4-16-12-17-9(5-21-12)10-11(15)19-20-18-10/h1-3,5H,4H2,(H2,15,19)(H,16,17). The number of nitrogen functional groups attached to an aromatic ring is 1. The Morgan fingerprint density at radius 3 is 2.86 bits per heavy atom. The molecule has 2 aromatic heterocycles. The summed E-state index contributed by atoms with van der Waals surface area (Å²) in [6.07, 6.45) is 0. The normalized spacial score (nSPS) is 10.8. The lowest BCUT2D eigenvalue weighted by Crippen LogP contribution is -1.99. The molecular weight excluding hydrogens is 333 g/mol. The van der Waals surface area contributed by atoms with E-state index in [2.05, 4.69) is 25.2 Å². The maximum atomic E-state index is 6.11. The van der Waals surface area contributed by atoms with Gasteiger partial charge in [0, 0.05) is 22.0 Å². The van der Waals surface area contributed by atoms with Crippen LogP contribution in [-0.4, -0.2) is 15.3 Å². The molecule has 3 N–H and O–H groups in total. The largest absolute Gasteiger partial charge is 0.379 e. The predicted octanol–water partition coefficient (Wildman–Crippen LogP) is 3.69. The third-order valence-electron chi connectivity index (χ3n) is 2.71. The van der Waals surface area contributed by atoms with Gasteiger partial charge in [-0.2, -0.15) is 0 Å². The van der Waals surface area contributed by atoms with E-state index in [0.717, 1.165) is 10.7 Å². The molecule has 2 heterocycles. The minimum Gasteiger partial charge on any atom is -0.379 e. The van der Waals surface area contributed by atoms with Gasteiger partial charge in [0.2, 0.25) is 0 Å². The van der Waals surface area contributed by atoms with Crippen LogP contribution in [0.15, 0.2) is 28.2 Å². The summed E-state index contributed by atoms with van der Waals surface area (Å²) in [4.78, 5) is 4.37. The zero-order valence-electron chi connectivity index (χ0n) is 10.5. The van der Waals surface area contributed by atoms with Gasteiger partial charge in [0.15, 0.2) is 16.6 Å². The van der Waals surface area contributed by atoms with Gasteiger partial charge < -0.3 is 11.1 Å². The quantitative estimate of drug-likeness (QED) is 0.751. The van der Waals surface area contributed by atoms with Gasteiger partial charge in [0.05, 0.1) is 0 Å². The third kappa shape index (κ3) is 3.10. The zero-order valence-corrected chi connectivity index (χ0v) is 12.8. The monoisotopic (exact) mass is 341 g/mol. The first-order valence-corrected chi connectivity index (χ1v) is 7.49. The molecular formula is C12H9Cl2N5OS. The fourth-order valence-corrected chi connectivity index (χ4v) is 2.84. The van der Waals surface area contributed by atoms with Crippen molar-refractivity contribution >= 4 is 45.5 Å². The second-order valence-corrected chi connectivity index (χ2v) is 5.83. The van der Waals surface area contributed by atoms with Crippen molar-refractivity contribution < 1.29 is 4.63 Å². The summed E-state index contributed by atoms with van der Waals surface area (Å²) in [7, 11) is 0. The summed E-state index contributed by atoms with van der Waals surface area (Å²) in [5, 5.41) is 14.2. The van der Waals surface area contributed by atoms with Gasteiger partial charge in [-0.25, -0.2) is 9.61 Å². The van der Waals surface area contributed by atoms with Crippen molar-refractivity contribution in [1.29, 1.82) is 0 Å². The predicted molar refractivity (Wildman–Crippen MR) is 83.6 cm³/mol. The van der Waals surface area contributed by atoms with Crippen LogP contribution in [0, 0.1) is 0 Å². The number of benzene rings is 1. The number of aromatic nitrogens is 3. The highest BCUT2D eigenvalue weighted by molar-refractivity contribution is 7.14. The van der Waals surface area contributed by atoms with E-state index in [1.54, 1.807) is 12.1 Å². The van der Waals surface area contributed by atoms with Gasteiger partial charge in [-0.05, 0) is 28.0 Å². The average Bonchev–Trinajstić information content (AvgIpc) is 3.06. The van der Waals surface area contributed by atoms with Crippen LogP contribution in [-0.2, 0) is 6.54 Å². The van der Waals surface area contributed by atoms with Crippen LogP contribution < -0.4 is 11.1 Å². The van der Waals surface area contributed by atoms with Crippen molar-refractivity contribution in [3.8, 4) is 11.4 Å². The van der Waals surface area contributed by atoms with Crippen molar-refractivity contribution in [2.45, 2.75) is 6.54 Å². The molecule has 0 radical (unpaired) electrons. The summed E-state index contributed by atoms with van der Waals surface area (Å²) in [5.41, 5.74) is 7.61. The third-order valence-corrected chi connectivity index (χ3v) is 4.09. The average molecular weight is 342 g/mol. The molecule has 0 saturated carbocycles. The fraction of sp³-hybridized carbons (Fsp3) is 0.0833. The van der Waals surface area contributed by atoms with Gasteiger partial charge in [-0.1, -0.05) is 29.3 Å². The van der Waals surface area contributed by atoms with Crippen molar-refractivity contribution in [2.75, 3.05) is 11.1 Å². The minimum absolute atomic E-state index is 0.215. The zero-order chi connectivity index (χ0) is 14.8. The van der Waals surface area contributed by atoms with Gasteiger partial charge in [-0.15, -0.1) is 11.3 Å². The Hall–Kier alpha value is -1.83. The smallest absolute Gasteiger partial charge is 0.198 e. The molecule has 0 fully saturated rings. The van der Waals surface area contributed by atoms with E-state index < -0.39 is 0 Å². The topological polar surface area (TPSA) is 89.9 Å². The molecule has 1 aromatic carbocycles. The van der Waals surface area contributed by atoms with Crippen LogP contribution >= 0.6 is 34.5 Å². The van der Waals surface area contributed by atoms with Crippen LogP contribution in [0.4, 0.5) is 10.9 Å². The molecule has 0 aliphatic rings. The molecule has 21 heavy (non-hydrogen) atoms. The van der Waals surface area contributed by atoms with Crippen LogP contribution in [0.3, 0.4) is 0 Å². The molecule has 0 aliphatic heterocycles. The Kier molecular flexibility index (Phi) is 3.96. The van der Waals surface area contributed by atoms with E-state index in [0.29, 0.717) is 28.0 Å². The van der Waals surface area contributed by atoms with Crippen molar-refractivity contribution in [3.63, 3.8) is 0 Å². The lowest BCUT2D eigenvalue weighted by Gasteiger charge is -2.05. The number of hydrogen-bond acceptors (Lipinski definition) is 7. The maximum absolute atomic E-state index is 6.11. The lowest BCUT2D eigenvalue weighted by molar-refractivity contribution is 0.310. The first-order chi connectivity index (χ1) is 10.1. The first-order valence-electron chi connectivity index (χ1n) is 5.85. The SMILES string of the molecule is Nc1nonc1-c1csc(NCc2ccc(Cl)cc2Cl)n1. The maximum Gasteiger partial charge on any atom is 0.198 e. The van der Waals surface area contributed by atoms with Gasteiger partial charge in [0.1, 0.15) is 5.69 Å². The molecule has 0 atom stereocenters. The summed E-state index contributed by atoms with van der Waals surface area (Å²) >= 11 is 13.4. The molecule has 0 saturated heterocycles. The first kappa shape index (κ1) is 14.1. The van der Waals surface area contributed by atoms with Crippen LogP contribution in [0.25, 0.3) is 11.4 Å². The van der Waals surface area contributed by atoms with Crippen LogP contribution in [0.1, 0.15) is 5.56 Å². The molecule has 0 amide bonds. The van der Waals surface area contributed by atoms with Crippen LogP contribution in [0.5, 0.6) is 0 Å². The summed E-state index contributed by atoms with van der Waals surface area (Å²) in [6.45, 7) is 0.537. The Balaban J connectivity index is 1.72. The van der Waals surface area contributed by atoms with Crippen molar-refractivity contribution in [3.05, 3.63) is 39.2 Å². The van der Waals surface area contributed by atoms with Gasteiger partial charge >= 0.3 is 0 Å². The number of halogens is 2. The second-order valence-electron chi connectivity index (χ2n) is 4.13. The molecule has 6 nitrogen and oxygen atoms in total. The van der Waals surface area contributed by atoms with E-state index in [-0.39, 0.29) is 5.82 Å². The number of nitrogens with one attached hydrogen (secondary N) is 1. The molecule has 0 bridgehead atoms. The highest BCUT2D eigenvalue weighted by Crippen LogP contribution is 2.27. The lowest BCUT2D eigenvalue weighted by atomic mass is 10.2. The van der Waals surface area contributed by atoms with E-state index in [4.69, 9.17) is 28.9 Å². The number of hydrogen-bond donors (Lipinski definition) is 2. The highest BCUT2D eigenvalue weighted by Gasteiger charge is 2.13. The number of nitrogens with two attached hydrogens (primary N) is 1. The van der Waals surface area contributed by atoms with Crippen molar-refractivity contribution in [2.24, 2.45) is 0 Å². The number of anilines is 2. The minimum atomic E-state index is 0.215. The van der Waals surface area contributed by atoms with E-state index in [1.165, 1.54) is 11.3 Å². The Labute approximate surface area is 133 Å². The Morgan fingerprint density at radius 2 is 2.14 bits per heavy atom. The van der Waals surface area contributed by atoms with Crippen LogP contribution in [0.2, 0.25) is 10.0 Å². The number of nitrogens with zero attached hydrogens (tertiary/aromatic N) is 3. The summed E-state index contributed by atoms with van der Waals surface area (Å²) in [5.74, 6) is 0.215. The Morgan fingerprint density at radius 1 is 1.29 bits per heavy atom. The molecule has 108 valence electrons.